The maximum absolute atomic E-state index is 15.4. The summed E-state index contributed by atoms with van der Waals surface area (Å²) < 4.78 is 296. The van der Waals surface area contributed by atoms with E-state index < -0.39 is 144 Å². The Bertz CT molecular complexity index is 1960. The molecule has 0 spiro atoms. The van der Waals surface area contributed by atoms with Crippen molar-refractivity contribution >= 4 is 39.3 Å². The van der Waals surface area contributed by atoms with E-state index in [4.69, 9.17) is 4.84 Å². The molecule has 2 nitrogen and oxygen atoms in total. The highest BCUT2D eigenvalue weighted by Gasteiger charge is 2.52. The van der Waals surface area contributed by atoms with Crippen LogP contribution in [0.1, 0.15) is 20.8 Å². The number of hydrogen-bond acceptors (Lipinski definition) is 2. The Labute approximate surface area is 296 Å². The van der Waals surface area contributed by atoms with Gasteiger partial charge in [0.2, 0.25) is 6.20 Å². The van der Waals surface area contributed by atoms with E-state index in [0.29, 0.717) is 0 Å². The first-order valence-corrected chi connectivity index (χ1v) is 15.1. The van der Waals surface area contributed by atoms with Gasteiger partial charge in [-0.05, 0) is 20.8 Å². The van der Waals surface area contributed by atoms with Gasteiger partial charge in [-0.3, -0.25) is 4.84 Å². The summed E-state index contributed by atoms with van der Waals surface area (Å²) in [6.07, 6.45) is -5.32. The second-order valence-electron chi connectivity index (χ2n) is 11.9. The van der Waals surface area contributed by atoms with Crippen LogP contribution in [0.2, 0.25) is 0 Å². The minimum absolute atomic E-state index is 0.105. The normalized spacial score (nSPS) is 11.9. The van der Waals surface area contributed by atoms with Gasteiger partial charge in [0.05, 0.1) is 5.38 Å². The van der Waals surface area contributed by atoms with Crippen LogP contribution in [0.5, 0.6) is 0 Å². The molecule has 24 heteroatoms. The molecule has 5 rings (SSSR count). The van der Waals surface area contributed by atoms with E-state index in [1.807, 2.05) is 37.9 Å². The molecule has 0 N–H and O–H groups in total. The van der Waals surface area contributed by atoms with Crippen LogP contribution in [0.25, 0.3) is 0 Å². The highest BCUT2D eigenvalue weighted by atomic mass is 32.1. The van der Waals surface area contributed by atoms with Gasteiger partial charge in [-0.15, -0.1) is 21.9 Å². The highest BCUT2D eigenvalue weighted by molar-refractivity contribution is 7.20. The molecule has 0 radical (unpaired) electrons. The van der Waals surface area contributed by atoms with Crippen molar-refractivity contribution in [2.24, 2.45) is 0 Å². The molecule has 55 heavy (non-hydrogen) atoms. The molecule has 0 amide bonds. The van der Waals surface area contributed by atoms with Crippen molar-refractivity contribution in [3.05, 3.63) is 133 Å². The third kappa shape index (κ3) is 6.70. The fourth-order valence-electron chi connectivity index (χ4n) is 5.47. The smallest absolute Gasteiger partial charge is 0.265 e. The lowest BCUT2D eigenvalue weighted by Gasteiger charge is -2.44. The van der Waals surface area contributed by atoms with E-state index in [-0.39, 0.29) is 5.60 Å². The molecule has 0 aliphatic rings. The maximum atomic E-state index is 15.4. The predicted octanol–water partition coefficient (Wildman–Crippen LogP) is 7.11. The van der Waals surface area contributed by atoms with Crippen molar-refractivity contribution in [3.63, 3.8) is 0 Å². The van der Waals surface area contributed by atoms with Gasteiger partial charge in [0, 0.05) is 4.73 Å². The quantitative estimate of drug-likeness (QED) is 0.0606. The minimum Gasteiger partial charge on any atom is -0.265 e. The van der Waals surface area contributed by atoms with Gasteiger partial charge < -0.3 is 0 Å². The average Bonchev–Trinajstić information content (AvgIpc) is 3.63. The largest absolute Gasteiger partial charge is 0.276 e. The van der Waals surface area contributed by atoms with Crippen LogP contribution in [-0.2, 0) is 0 Å². The second-order valence-corrected chi connectivity index (χ2v) is 12.6. The summed E-state index contributed by atoms with van der Waals surface area (Å²) in [5.41, 5.74) is -12.5. The van der Waals surface area contributed by atoms with Crippen LogP contribution in [0.15, 0.2) is 17.1 Å². The lowest BCUT2D eigenvalue weighted by molar-refractivity contribution is -0.902. The monoisotopic (exact) mass is 837 g/mol. The predicted molar refractivity (Wildman–Crippen MR) is 150 cm³/mol. The fourth-order valence-corrected chi connectivity index (χ4v) is 5.96. The SMILES string of the molecule is CC(C)(C)O[n+]1ccsc1.Fc1c(F)c(F)c([B-](c2c(F)c(F)c(F)c(F)c2F)(c2c(F)c(F)c(F)c(F)c2F)c2c(F)c(F)c(F)c(F)c2F)c(F)c1F. The zero-order chi connectivity index (χ0) is 42.0. The van der Waals surface area contributed by atoms with Crippen LogP contribution < -0.4 is 31.4 Å². The minimum atomic E-state index is -7.22. The Hall–Kier alpha value is -5.03. The summed E-state index contributed by atoms with van der Waals surface area (Å²) in [6.45, 7) is 6.08. The Morgan fingerprint density at radius 2 is 0.582 bits per heavy atom. The van der Waals surface area contributed by atoms with Gasteiger partial charge in [-0.2, -0.15) is 0 Å². The average molecular weight is 837 g/mol. The molecule has 296 valence electrons. The molecule has 0 bridgehead atoms. The van der Waals surface area contributed by atoms with Gasteiger partial charge in [-0.25, -0.2) is 87.8 Å². The zero-order valence-corrected chi connectivity index (χ0v) is 27.4. The molecule has 0 atom stereocenters. The van der Waals surface area contributed by atoms with Crippen molar-refractivity contribution in [2.75, 3.05) is 0 Å². The first-order chi connectivity index (χ1) is 25.3. The van der Waals surface area contributed by atoms with E-state index >= 15 is 35.1 Å². The summed E-state index contributed by atoms with van der Waals surface area (Å²) in [5.74, 6) is -71.4. The van der Waals surface area contributed by atoms with Gasteiger partial charge in [0.25, 0.3) is 5.51 Å². The summed E-state index contributed by atoms with van der Waals surface area (Å²) in [7, 11) is 0. The number of thiazole rings is 1. The fraction of sp³-hybridized carbons (Fsp3) is 0.129. The Balaban J connectivity index is 0.000000583. The molecule has 1 heterocycles. The lowest BCUT2D eigenvalue weighted by Crippen LogP contribution is -2.81. The Morgan fingerprint density at radius 1 is 0.382 bits per heavy atom. The molecule has 0 unspecified atom stereocenters. The van der Waals surface area contributed by atoms with Gasteiger partial charge in [0.15, 0.2) is 75.4 Å². The molecular formula is C31H12BF20NOS. The standard InChI is InChI=1S/C24BF20.C7H12NOS/c26-5-1(6(27)14(35)21(42)13(5)34)25(2-7(28)15(36)22(43)16(37)8(2)29,3-9(30)17(38)23(44)18(39)10(3)31)4-11(32)19(40)24(45)20(41)12(4)33;1-7(2,3)9-8-4-5-10-6-8/h;4-6H,1-3H3/q-1;+1. The maximum Gasteiger partial charge on any atom is 0.276 e. The molecule has 1 aromatic heterocycles. The summed E-state index contributed by atoms with van der Waals surface area (Å²) >= 11 is 1.62. The van der Waals surface area contributed by atoms with Crippen LogP contribution in [0.3, 0.4) is 0 Å². The van der Waals surface area contributed by atoms with Crippen LogP contribution >= 0.6 is 11.3 Å². The van der Waals surface area contributed by atoms with E-state index in [1.54, 1.807) is 16.1 Å². The highest BCUT2D eigenvalue weighted by Crippen LogP contribution is 2.30. The molecule has 0 aliphatic heterocycles. The van der Waals surface area contributed by atoms with E-state index in [1.165, 1.54) is 0 Å². The number of hydrogen-bond donors (Lipinski definition) is 0. The molecule has 0 saturated heterocycles. The first kappa shape index (κ1) is 42.7. The summed E-state index contributed by atoms with van der Waals surface area (Å²) in [6, 6.07) is 0. The summed E-state index contributed by atoms with van der Waals surface area (Å²) in [5, 5.41) is 1.98. The Kier molecular flexibility index (Phi) is 11.6. The van der Waals surface area contributed by atoms with Crippen molar-refractivity contribution in [1.82, 2.24) is 0 Å². The number of nitrogens with zero attached hydrogens (tertiary/aromatic N) is 1. The van der Waals surface area contributed by atoms with Crippen molar-refractivity contribution < 1.29 is 97.4 Å². The van der Waals surface area contributed by atoms with Crippen LogP contribution in [-0.4, -0.2) is 11.7 Å². The topological polar surface area (TPSA) is 13.1 Å². The molecule has 4 aromatic carbocycles. The number of halogens is 20. The number of rotatable bonds is 5. The number of aromatic nitrogens is 1. The van der Waals surface area contributed by atoms with E-state index in [2.05, 4.69) is 0 Å². The zero-order valence-electron chi connectivity index (χ0n) is 26.6. The molecular weight excluding hydrogens is 825 g/mol. The Morgan fingerprint density at radius 3 is 0.745 bits per heavy atom. The molecule has 0 fully saturated rings. The molecule has 5 aromatic rings. The first-order valence-electron chi connectivity index (χ1n) is 14.1. The van der Waals surface area contributed by atoms with E-state index in [0.717, 1.165) is 0 Å². The van der Waals surface area contributed by atoms with E-state index in [9.17, 15) is 52.7 Å². The van der Waals surface area contributed by atoms with Gasteiger partial charge >= 0.3 is 0 Å². The van der Waals surface area contributed by atoms with Crippen LogP contribution in [0.4, 0.5) is 87.8 Å². The van der Waals surface area contributed by atoms with Gasteiger partial charge in [0.1, 0.15) is 52.7 Å². The molecule has 0 saturated carbocycles. The van der Waals surface area contributed by atoms with Crippen LogP contribution in [0, 0.1) is 116 Å². The lowest BCUT2D eigenvalue weighted by atomic mass is 9.12. The van der Waals surface area contributed by atoms with Crippen molar-refractivity contribution in [2.45, 2.75) is 26.4 Å². The molecule has 0 aliphatic carbocycles. The third-order valence-corrected chi connectivity index (χ3v) is 8.15. The number of benzene rings is 4. The second kappa shape index (κ2) is 14.9. The van der Waals surface area contributed by atoms with Gasteiger partial charge in [-0.1, -0.05) is 11.3 Å². The third-order valence-electron chi connectivity index (χ3n) is 7.54. The summed E-state index contributed by atoms with van der Waals surface area (Å²) in [4.78, 5) is 5.47. The van der Waals surface area contributed by atoms with Crippen molar-refractivity contribution in [3.8, 4) is 0 Å². The van der Waals surface area contributed by atoms with Crippen molar-refractivity contribution in [1.29, 1.82) is 0 Å².